The lowest BCUT2D eigenvalue weighted by molar-refractivity contribution is -0.646. The van der Waals surface area contributed by atoms with E-state index in [4.69, 9.17) is 14.5 Å². The average molecular weight is 593 g/mol. The highest BCUT2D eigenvalue weighted by molar-refractivity contribution is 5.85. The summed E-state index contributed by atoms with van der Waals surface area (Å²) in [4.78, 5) is 4.90. The molecule has 0 aliphatic rings. The Kier molecular flexibility index (Phi) is 20.8. The van der Waals surface area contributed by atoms with Crippen molar-refractivity contribution in [1.29, 1.82) is 0 Å². The van der Waals surface area contributed by atoms with Crippen molar-refractivity contribution in [2.45, 2.75) is 148 Å². The molecule has 0 atom stereocenters. The summed E-state index contributed by atoms with van der Waals surface area (Å²) in [6.45, 7) is 5.25. The molecule has 43 heavy (non-hydrogen) atoms. The van der Waals surface area contributed by atoms with Gasteiger partial charge in [-0.3, -0.25) is 0 Å². The minimum absolute atomic E-state index is 0. The zero-order valence-corrected chi connectivity index (χ0v) is 28.2. The molecule has 0 amide bonds. The Morgan fingerprint density at radius 2 is 1.05 bits per heavy atom. The molecule has 0 aliphatic carbocycles. The summed E-state index contributed by atoms with van der Waals surface area (Å²) in [5.41, 5.74) is 4.35. The van der Waals surface area contributed by atoms with Gasteiger partial charge in [-0.05, 0) is 31.4 Å². The Hall–Kier alpha value is -2.20. The first kappa shape index (κ1) is 37.0. The van der Waals surface area contributed by atoms with Crippen LogP contribution in [0.15, 0.2) is 42.5 Å². The van der Waals surface area contributed by atoms with Crippen molar-refractivity contribution in [2.24, 2.45) is 0 Å². The predicted octanol–water partition coefficient (Wildman–Crippen LogP) is 11.4. The molecule has 4 heteroatoms. The number of rotatable bonds is 26. The van der Waals surface area contributed by atoms with Crippen molar-refractivity contribution >= 4 is 22.1 Å². The molecule has 3 rings (SSSR count). The molecule has 1 aromatic heterocycles. The maximum Gasteiger partial charge on any atom is 0.235 e. The lowest BCUT2D eigenvalue weighted by Gasteiger charge is -2.08. The molecule has 0 fully saturated rings. The minimum Gasteiger partial charge on any atom is -0.494 e. The molecule has 4 nitrogen and oxygen atoms in total. The first-order valence-electron chi connectivity index (χ1n) is 17.7. The topological polar surface area (TPSA) is 35.2 Å². The normalized spacial score (nSPS) is 11.3. The standard InChI is InChI=1S/C38H61N2O2.CH3/c1-3-4-5-6-7-8-10-13-16-19-24-32-42-33-25-20-17-14-11-9-12-15-18-23-31-40-35-28-22-21-27-34(35)39-38-36(40)29-26-30-37(38)41-2;/h21-22,26-30H,3-20,23-25,31-33H2,1-2H3;1H3/q+1;-1. The molecule has 0 radical (unpaired) electrons. The fourth-order valence-electron chi connectivity index (χ4n) is 6.14. The Bertz CT molecular complexity index is 1100. The second kappa shape index (κ2) is 24.2. The monoisotopic (exact) mass is 592 g/mol. The van der Waals surface area contributed by atoms with E-state index in [1.54, 1.807) is 7.11 Å². The fraction of sp³-hybridized carbons (Fsp3) is 0.667. The van der Waals surface area contributed by atoms with Gasteiger partial charge < -0.3 is 16.9 Å². The maximum atomic E-state index is 5.88. The Morgan fingerprint density at radius 3 is 1.60 bits per heavy atom. The van der Waals surface area contributed by atoms with Crippen LogP contribution < -0.4 is 9.30 Å². The number of benzene rings is 2. The number of para-hydroxylation sites is 3. The third-order valence-corrected chi connectivity index (χ3v) is 8.71. The van der Waals surface area contributed by atoms with E-state index in [0.717, 1.165) is 42.1 Å². The van der Waals surface area contributed by atoms with Crippen molar-refractivity contribution in [3.8, 4) is 5.75 Å². The van der Waals surface area contributed by atoms with Crippen LogP contribution in [0.4, 0.5) is 0 Å². The van der Waals surface area contributed by atoms with Crippen molar-refractivity contribution in [3.63, 3.8) is 0 Å². The maximum absolute atomic E-state index is 5.88. The van der Waals surface area contributed by atoms with E-state index in [0.29, 0.717) is 0 Å². The van der Waals surface area contributed by atoms with Crippen LogP contribution >= 0.6 is 0 Å². The third kappa shape index (κ3) is 14.4. The number of aryl methyl sites for hydroxylation is 1. The van der Waals surface area contributed by atoms with Gasteiger partial charge in [0, 0.05) is 31.8 Å². The number of hydrogen-bond acceptors (Lipinski definition) is 3. The Balaban J connectivity index is 0.00000645. The van der Waals surface area contributed by atoms with Crippen LogP contribution in [0.2, 0.25) is 0 Å². The van der Waals surface area contributed by atoms with Gasteiger partial charge in [0.2, 0.25) is 11.0 Å². The van der Waals surface area contributed by atoms with Crippen LogP contribution in [-0.4, -0.2) is 25.3 Å². The lowest BCUT2D eigenvalue weighted by atomic mass is 10.1. The second-order valence-corrected chi connectivity index (χ2v) is 12.3. The van der Waals surface area contributed by atoms with E-state index in [1.165, 1.54) is 140 Å². The zero-order valence-electron chi connectivity index (χ0n) is 28.2. The van der Waals surface area contributed by atoms with Gasteiger partial charge in [0.15, 0.2) is 11.3 Å². The first-order chi connectivity index (χ1) is 20.8. The minimum atomic E-state index is 0. The molecule has 0 saturated carbocycles. The first-order valence-corrected chi connectivity index (χ1v) is 17.7. The highest BCUT2D eigenvalue weighted by Crippen LogP contribution is 2.24. The number of fused-ring (bicyclic) bond motifs is 2. The molecule has 3 aromatic rings. The second-order valence-electron chi connectivity index (χ2n) is 12.3. The molecule has 0 unspecified atom stereocenters. The Labute approximate surface area is 265 Å². The van der Waals surface area contributed by atoms with E-state index in [2.05, 4.69) is 47.9 Å². The summed E-state index contributed by atoms with van der Waals surface area (Å²) in [5, 5.41) is 0. The molecule has 0 saturated heterocycles. The number of unbranched alkanes of at least 4 members (excludes halogenated alkanes) is 19. The third-order valence-electron chi connectivity index (χ3n) is 8.71. The molecule has 0 aliphatic heterocycles. The summed E-state index contributed by atoms with van der Waals surface area (Å²) < 4.78 is 13.9. The average Bonchev–Trinajstić information content (AvgIpc) is 3.02. The molecule has 2 aromatic carbocycles. The van der Waals surface area contributed by atoms with E-state index < -0.39 is 0 Å². The largest absolute Gasteiger partial charge is 0.494 e. The number of aromatic nitrogens is 2. The predicted molar refractivity (Wildman–Crippen MR) is 186 cm³/mol. The van der Waals surface area contributed by atoms with Gasteiger partial charge >= 0.3 is 0 Å². The summed E-state index contributed by atoms with van der Waals surface area (Å²) in [5.74, 6) is 0.846. The van der Waals surface area contributed by atoms with Crippen LogP contribution in [0.1, 0.15) is 142 Å². The number of methoxy groups -OCH3 is 1. The summed E-state index contributed by atoms with van der Waals surface area (Å²) in [6.07, 6.45) is 28.6. The van der Waals surface area contributed by atoms with Gasteiger partial charge in [0.25, 0.3) is 0 Å². The van der Waals surface area contributed by atoms with Crippen LogP contribution in [0.5, 0.6) is 5.75 Å². The molecule has 242 valence electrons. The lowest BCUT2D eigenvalue weighted by Crippen LogP contribution is -2.36. The molecular formula is C39H64N2O2. The van der Waals surface area contributed by atoms with Gasteiger partial charge in [0.1, 0.15) is 12.1 Å². The van der Waals surface area contributed by atoms with Gasteiger partial charge in [-0.15, -0.1) is 0 Å². The van der Waals surface area contributed by atoms with E-state index in [-0.39, 0.29) is 7.43 Å². The Morgan fingerprint density at radius 1 is 0.558 bits per heavy atom. The smallest absolute Gasteiger partial charge is 0.235 e. The zero-order chi connectivity index (χ0) is 29.5. The quantitative estimate of drug-likeness (QED) is 0.0402. The van der Waals surface area contributed by atoms with Crippen molar-refractivity contribution in [2.75, 3.05) is 20.3 Å². The van der Waals surface area contributed by atoms with Crippen LogP contribution in [0.25, 0.3) is 22.1 Å². The molecule has 0 bridgehead atoms. The van der Waals surface area contributed by atoms with Gasteiger partial charge in [-0.1, -0.05) is 134 Å². The van der Waals surface area contributed by atoms with Crippen LogP contribution in [-0.2, 0) is 11.3 Å². The number of ether oxygens (including phenoxy) is 2. The highest BCUT2D eigenvalue weighted by Gasteiger charge is 2.18. The van der Waals surface area contributed by atoms with Gasteiger partial charge in [-0.25, -0.2) is 4.98 Å². The molecule has 0 N–H and O–H groups in total. The highest BCUT2D eigenvalue weighted by atomic mass is 16.5. The van der Waals surface area contributed by atoms with Crippen molar-refractivity contribution < 1.29 is 14.0 Å². The molecule has 1 heterocycles. The SMILES string of the molecule is CCCCCCCCCCCCCOCCCCCCCCCCCC[n+]1c2ccccc2nc2c(OC)cccc21.[CH3-]. The van der Waals surface area contributed by atoms with E-state index >= 15 is 0 Å². The number of hydrogen-bond donors (Lipinski definition) is 0. The molecular weight excluding hydrogens is 528 g/mol. The summed E-state index contributed by atoms with van der Waals surface area (Å²) in [6, 6.07) is 14.7. The number of nitrogens with zero attached hydrogens (tertiary/aromatic N) is 2. The summed E-state index contributed by atoms with van der Waals surface area (Å²) in [7, 11) is 1.73. The van der Waals surface area contributed by atoms with Crippen molar-refractivity contribution in [1.82, 2.24) is 4.98 Å². The van der Waals surface area contributed by atoms with Gasteiger partial charge in [-0.2, -0.15) is 4.57 Å². The fourth-order valence-corrected chi connectivity index (χ4v) is 6.14. The van der Waals surface area contributed by atoms with Gasteiger partial charge in [0.05, 0.1) is 7.11 Å². The van der Waals surface area contributed by atoms with Crippen LogP contribution in [0.3, 0.4) is 0 Å². The van der Waals surface area contributed by atoms with Crippen LogP contribution in [0, 0.1) is 7.43 Å². The van der Waals surface area contributed by atoms with Crippen molar-refractivity contribution in [3.05, 3.63) is 49.9 Å². The molecule has 0 spiro atoms. The summed E-state index contributed by atoms with van der Waals surface area (Å²) >= 11 is 0. The van der Waals surface area contributed by atoms with E-state index in [9.17, 15) is 0 Å². The van der Waals surface area contributed by atoms with E-state index in [1.807, 2.05) is 6.07 Å².